The van der Waals surface area contributed by atoms with E-state index in [9.17, 15) is 18.0 Å². The number of hydrogen-bond donors (Lipinski definition) is 3. The van der Waals surface area contributed by atoms with E-state index in [0.717, 1.165) is 0 Å². The zero-order chi connectivity index (χ0) is 23.8. The summed E-state index contributed by atoms with van der Waals surface area (Å²) >= 11 is 6.11. The highest BCUT2D eigenvalue weighted by molar-refractivity contribution is 6.31. The van der Waals surface area contributed by atoms with Crippen molar-refractivity contribution in [3.05, 3.63) is 47.7 Å². The lowest BCUT2D eigenvalue weighted by atomic mass is 9.97. The van der Waals surface area contributed by atoms with Crippen molar-refractivity contribution in [2.24, 2.45) is 0 Å². The molecule has 3 aromatic heterocycles. The lowest BCUT2D eigenvalue weighted by molar-refractivity contribution is -0.140. The number of nitrogens with zero attached hydrogens (tertiary/aromatic N) is 3. The van der Waals surface area contributed by atoms with Gasteiger partial charge in [0.25, 0.3) is 0 Å². The summed E-state index contributed by atoms with van der Waals surface area (Å²) in [6.07, 6.45) is -1.07. The van der Waals surface area contributed by atoms with Crippen LogP contribution in [0.15, 0.2) is 42.7 Å². The number of carbonyl (C=O) groups is 1. The number of fused-ring (bicyclic) bond motifs is 2. The van der Waals surface area contributed by atoms with Gasteiger partial charge in [0, 0.05) is 31.6 Å². The maximum atomic E-state index is 12.7. The number of aromatic nitrogens is 4. The Balaban J connectivity index is 0.00000216. The fraction of sp³-hybridized carbons (Fsp3) is 0.273. The van der Waals surface area contributed by atoms with E-state index in [1.807, 2.05) is 11.4 Å². The average Bonchev–Trinajstić information content (AvgIpc) is 3.19. The number of pyridine rings is 1. The topological polar surface area (TPSA) is 95.6 Å². The molecule has 1 atom stereocenters. The molecule has 176 valence electrons. The number of H-pyrrole nitrogens is 1. The normalized spacial score (nSPS) is 13.8. The van der Waals surface area contributed by atoms with Crippen molar-refractivity contribution in [2.45, 2.75) is 32.0 Å². The predicted molar refractivity (Wildman–Crippen MR) is 125 cm³/mol. The number of rotatable bonds is 6. The fourth-order valence-corrected chi connectivity index (χ4v) is 3.56. The minimum atomic E-state index is -4.51. The van der Waals surface area contributed by atoms with Crippen molar-refractivity contribution in [1.82, 2.24) is 25.3 Å². The third kappa shape index (κ3) is 4.70. The summed E-state index contributed by atoms with van der Waals surface area (Å²) in [5.74, 6) is -0.109. The molecule has 4 aromatic rings. The van der Waals surface area contributed by atoms with Crippen LogP contribution in [0, 0.1) is 0 Å². The van der Waals surface area contributed by atoms with Gasteiger partial charge in [-0.25, -0.2) is 15.0 Å². The quantitative estimate of drug-likeness (QED) is 0.335. The van der Waals surface area contributed by atoms with Crippen LogP contribution in [0.2, 0.25) is 5.02 Å². The average molecular weight is 481 g/mol. The Morgan fingerprint density at radius 2 is 1.97 bits per heavy atom. The highest BCUT2D eigenvalue weighted by Crippen LogP contribution is 2.32. The number of anilines is 1. The lowest BCUT2D eigenvalue weighted by Gasteiger charge is -2.29. The minimum absolute atomic E-state index is 0. The smallest absolute Gasteiger partial charge is 0.356 e. The van der Waals surface area contributed by atoms with Gasteiger partial charge in [0.15, 0.2) is 5.82 Å². The third-order valence-corrected chi connectivity index (χ3v) is 5.60. The molecule has 3 N–H and O–H groups in total. The number of nitrogens with one attached hydrogen (secondary N) is 3. The van der Waals surface area contributed by atoms with E-state index < -0.39 is 24.2 Å². The second-order valence-corrected chi connectivity index (χ2v) is 8.21. The van der Waals surface area contributed by atoms with Gasteiger partial charge in [0.05, 0.1) is 10.5 Å². The van der Waals surface area contributed by atoms with E-state index in [2.05, 4.69) is 25.3 Å². The van der Waals surface area contributed by atoms with Gasteiger partial charge in [0.1, 0.15) is 23.5 Å². The maximum absolute atomic E-state index is 12.7. The first-order valence-electron chi connectivity index (χ1n) is 10.1. The van der Waals surface area contributed by atoms with Gasteiger partial charge < -0.3 is 15.6 Å². The summed E-state index contributed by atoms with van der Waals surface area (Å²) in [5.41, 5.74) is 0.507. The third-order valence-electron chi connectivity index (χ3n) is 5.39. The molecule has 0 saturated carbocycles. The van der Waals surface area contributed by atoms with E-state index in [4.69, 9.17) is 11.6 Å². The SMILES string of the molecule is CC[C@@](C)(Nc1nc(-c2c[nH]c3ncc(Cl)cc23)nc2ccccc12)C(=O)NCC(F)(F)F.[HH].[HH]. The second kappa shape index (κ2) is 8.51. The summed E-state index contributed by atoms with van der Waals surface area (Å²) in [7, 11) is 0. The number of carbonyl (C=O) groups excluding carboxylic acids is 1. The molecule has 3 heterocycles. The summed E-state index contributed by atoms with van der Waals surface area (Å²) in [5, 5.41) is 6.81. The van der Waals surface area contributed by atoms with Crippen molar-refractivity contribution in [3.8, 4) is 11.4 Å². The van der Waals surface area contributed by atoms with E-state index in [0.29, 0.717) is 44.2 Å². The summed E-state index contributed by atoms with van der Waals surface area (Å²) in [6, 6.07) is 8.91. The molecule has 0 aliphatic heterocycles. The molecule has 0 aliphatic rings. The first-order chi connectivity index (χ1) is 15.6. The largest absolute Gasteiger partial charge is 0.405 e. The van der Waals surface area contributed by atoms with Gasteiger partial charge in [-0.2, -0.15) is 13.2 Å². The minimum Gasteiger partial charge on any atom is -0.356 e. The van der Waals surface area contributed by atoms with Gasteiger partial charge in [-0.3, -0.25) is 4.79 Å². The first-order valence-corrected chi connectivity index (χ1v) is 10.5. The molecule has 1 aromatic carbocycles. The number of hydrogen-bond acceptors (Lipinski definition) is 5. The lowest BCUT2D eigenvalue weighted by Crippen LogP contribution is -2.52. The van der Waals surface area contributed by atoms with E-state index in [1.54, 1.807) is 37.4 Å². The molecule has 33 heavy (non-hydrogen) atoms. The number of aromatic amines is 1. The second-order valence-electron chi connectivity index (χ2n) is 7.77. The van der Waals surface area contributed by atoms with Crippen LogP contribution >= 0.6 is 11.6 Å². The van der Waals surface area contributed by atoms with Crippen LogP contribution in [0.1, 0.15) is 23.1 Å². The fourth-order valence-electron chi connectivity index (χ4n) is 3.40. The maximum Gasteiger partial charge on any atom is 0.405 e. The number of amides is 1. The van der Waals surface area contributed by atoms with Crippen LogP contribution in [0.5, 0.6) is 0 Å². The number of benzene rings is 1. The molecule has 4 rings (SSSR count). The summed E-state index contributed by atoms with van der Waals surface area (Å²) in [6.45, 7) is 1.82. The molecule has 0 spiro atoms. The van der Waals surface area contributed by atoms with Gasteiger partial charge >= 0.3 is 6.18 Å². The number of halogens is 4. The van der Waals surface area contributed by atoms with E-state index >= 15 is 0 Å². The Kier molecular flexibility index (Phi) is 5.87. The Hall–Kier alpha value is -3.40. The molecule has 0 radical (unpaired) electrons. The van der Waals surface area contributed by atoms with Crippen LogP contribution in [-0.2, 0) is 4.79 Å². The number of alkyl halides is 3. The predicted octanol–water partition coefficient (Wildman–Crippen LogP) is 5.58. The van der Waals surface area contributed by atoms with Gasteiger partial charge in [0.2, 0.25) is 5.91 Å². The summed E-state index contributed by atoms with van der Waals surface area (Å²) < 4.78 is 37.9. The van der Waals surface area contributed by atoms with E-state index in [1.165, 1.54) is 13.1 Å². The summed E-state index contributed by atoms with van der Waals surface area (Å²) in [4.78, 5) is 29.2. The van der Waals surface area contributed by atoms with Crippen LogP contribution in [0.4, 0.5) is 19.0 Å². The zero-order valence-electron chi connectivity index (χ0n) is 17.7. The molecule has 0 saturated heterocycles. The molecule has 1 amide bonds. The van der Waals surface area contributed by atoms with Crippen molar-refractivity contribution < 1.29 is 20.8 Å². The van der Waals surface area contributed by atoms with E-state index in [-0.39, 0.29) is 9.27 Å². The van der Waals surface area contributed by atoms with Crippen molar-refractivity contribution in [3.63, 3.8) is 0 Å². The van der Waals surface area contributed by atoms with Crippen molar-refractivity contribution in [2.75, 3.05) is 11.9 Å². The molecular formula is C22H24ClF3N6O. The molecular weight excluding hydrogens is 457 g/mol. The van der Waals surface area contributed by atoms with Gasteiger partial charge in [-0.05, 0) is 31.5 Å². The first kappa shape index (κ1) is 22.8. The Morgan fingerprint density at radius 3 is 2.70 bits per heavy atom. The van der Waals surface area contributed by atoms with Crippen LogP contribution in [-0.4, -0.2) is 44.1 Å². The van der Waals surface area contributed by atoms with Gasteiger partial charge in [-0.15, -0.1) is 0 Å². The molecule has 0 bridgehead atoms. The Labute approximate surface area is 194 Å². The highest BCUT2D eigenvalue weighted by atomic mass is 35.5. The number of para-hydroxylation sites is 1. The molecule has 11 heteroatoms. The van der Waals surface area contributed by atoms with Crippen molar-refractivity contribution >= 4 is 45.3 Å². The van der Waals surface area contributed by atoms with Crippen LogP contribution in [0.25, 0.3) is 33.3 Å². The molecule has 0 aliphatic carbocycles. The molecule has 0 unspecified atom stereocenters. The highest BCUT2D eigenvalue weighted by Gasteiger charge is 2.36. The standard InChI is InChI=1S/C22H20ClF3N6O.2H2/c1-3-21(2,20(33)29-11-22(24,25)26)32-19-13-6-4-5-7-16(13)30-18(31-19)15-10-28-17-14(15)8-12(23)9-27-17;;/h4-10H,3,11H2,1-2H3,(H,27,28)(H,29,33)(H,30,31,32);2*1H/t21-;;/m1../s1. The monoisotopic (exact) mass is 480 g/mol. The van der Waals surface area contributed by atoms with Crippen LogP contribution < -0.4 is 10.6 Å². The van der Waals surface area contributed by atoms with Crippen molar-refractivity contribution in [1.29, 1.82) is 0 Å². The Morgan fingerprint density at radius 1 is 1.21 bits per heavy atom. The van der Waals surface area contributed by atoms with Crippen LogP contribution in [0.3, 0.4) is 0 Å². The molecule has 0 fully saturated rings. The zero-order valence-corrected chi connectivity index (χ0v) is 18.5. The molecule has 7 nitrogen and oxygen atoms in total. The Bertz CT molecular complexity index is 1350. The van der Waals surface area contributed by atoms with Gasteiger partial charge in [-0.1, -0.05) is 30.7 Å².